The Morgan fingerprint density at radius 2 is 1.89 bits per heavy atom. The first-order valence-electron chi connectivity index (χ1n) is 6.63. The fraction of sp³-hybridized carbons (Fsp3) is 0.438. The number of aryl methyl sites for hydroxylation is 1. The molecule has 0 aliphatic carbocycles. The normalized spacial score (nSPS) is 10.9. The van der Waals surface area contributed by atoms with E-state index >= 15 is 0 Å². The summed E-state index contributed by atoms with van der Waals surface area (Å²) in [6, 6.07) is 8.50. The zero-order chi connectivity index (χ0) is 13.2. The van der Waals surface area contributed by atoms with Crippen molar-refractivity contribution in [3.05, 3.63) is 47.5 Å². The van der Waals surface area contributed by atoms with Crippen molar-refractivity contribution in [3.8, 4) is 0 Å². The predicted octanol–water partition coefficient (Wildman–Crippen LogP) is 3.99. The van der Waals surface area contributed by atoms with Crippen LogP contribution in [0.2, 0.25) is 0 Å². The Bertz CT molecular complexity index is 394. The fourth-order valence-corrected chi connectivity index (χ4v) is 2.01. The minimum atomic E-state index is -0.691. The van der Waals surface area contributed by atoms with Gasteiger partial charge in [0.1, 0.15) is 0 Å². The second-order valence-corrected chi connectivity index (χ2v) is 4.50. The smallest absolute Gasteiger partial charge is 0.303 e. The number of allylic oxidation sites excluding steroid dienone is 2. The number of carbonyl (C=O) groups is 1. The molecule has 18 heavy (non-hydrogen) atoms. The van der Waals surface area contributed by atoms with Crippen molar-refractivity contribution in [1.82, 2.24) is 0 Å². The van der Waals surface area contributed by atoms with Crippen LogP contribution in [0, 0.1) is 0 Å². The molecule has 0 aliphatic heterocycles. The third-order valence-corrected chi connectivity index (χ3v) is 3.03. The van der Waals surface area contributed by atoms with Crippen LogP contribution in [-0.2, 0) is 17.6 Å². The van der Waals surface area contributed by atoms with Crippen LogP contribution in [0.5, 0.6) is 0 Å². The summed E-state index contributed by atoms with van der Waals surface area (Å²) >= 11 is 0. The quantitative estimate of drug-likeness (QED) is 0.556. The predicted molar refractivity (Wildman–Crippen MR) is 74.8 cm³/mol. The van der Waals surface area contributed by atoms with Gasteiger partial charge in [-0.25, -0.2) is 0 Å². The van der Waals surface area contributed by atoms with E-state index < -0.39 is 5.97 Å². The van der Waals surface area contributed by atoms with Crippen LogP contribution in [0.3, 0.4) is 0 Å². The van der Waals surface area contributed by atoms with Gasteiger partial charge in [-0.2, -0.15) is 0 Å². The Morgan fingerprint density at radius 3 is 2.56 bits per heavy atom. The average molecular weight is 246 g/mol. The number of hydrogen-bond acceptors (Lipinski definition) is 1. The van der Waals surface area contributed by atoms with Crippen molar-refractivity contribution >= 4 is 5.97 Å². The first-order chi connectivity index (χ1) is 8.74. The molecule has 0 spiro atoms. The Labute approximate surface area is 109 Å². The number of benzene rings is 1. The summed E-state index contributed by atoms with van der Waals surface area (Å²) in [4.78, 5) is 10.4. The molecule has 2 nitrogen and oxygen atoms in total. The topological polar surface area (TPSA) is 37.3 Å². The van der Waals surface area contributed by atoms with E-state index in [1.165, 1.54) is 11.1 Å². The van der Waals surface area contributed by atoms with E-state index in [0.717, 1.165) is 32.1 Å². The van der Waals surface area contributed by atoms with Crippen molar-refractivity contribution in [2.24, 2.45) is 0 Å². The summed E-state index contributed by atoms with van der Waals surface area (Å²) in [7, 11) is 0. The van der Waals surface area contributed by atoms with Gasteiger partial charge in [-0.3, -0.25) is 4.79 Å². The fourth-order valence-electron chi connectivity index (χ4n) is 2.01. The van der Waals surface area contributed by atoms with Gasteiger partial charge in [-0.05, 0) is 43.7 Å². The lowest BCUT2D eigenvalue weighted by atomic mass is 9.99. The van der Waals surface area contributed by atoms with E-state index in [2.05, 4.69) is 36.4 Å². The molecule has 0 aliphatic rings. The van der Waals surface area contributed by atoms with Gasteiger partial charge >= 0.3 is 5.97 Å². The molecule has 1 N–H and O–H groups in total. The third kappa shape index (κ3) is 5.67. The van der Waals surface area contributed by atoms with Crippen molar-refractivity contribution in [2.45, 2.75) is 45.4 Å². The van der Waals surface area contributed by atoms with Crippen LogP contribution in [0.4, 0.5) is 0 Å². The first kappa shape index (κ1) is 14.5. The molecule has 0 heterocycles. The highest BCUT2D eigenvalue weighted by molar-refractivity contribution is 5.66. The van der Waals surface area contributed by atoms with E-state index in [1.807, 2.05) is 6.92 Å². The van der Waals surface area contributed by atoms with Crippen LogP contribution < -0.4 is 0 Å². The van der Waals surface area contributed by atoms with Crippen LogP contribution >= 0.6 is 0 Å². The number of unbranched alkanes of at least 4 members (excludes halogenated alkanes) is 2. The number of carboxylic acid groups (broad SMARTS) is 1. The van der Waals surface area contributed by atoms with Gasteiger partial charge in [-0.15, -0.1) is 0 Å². The molecule has 1 aromatic carbocycles. The van der Waals surface area contributed by atoms with E-state index in [-0.39, 0.29) is 0 Å². The summed E-state index contributed by atoms with van der Waals surface area (Å²) in [5, 5.41) is 8.56. The maximum absolute atomic E-state index is 10.4. The maximum Gasteiger partial charge on any atom is 0.303 e. The number of rotatable bonds is 8. The molecule has 1 aromatic rings. The summed E-state index contributed by atoms with van der Waals surface area (Å²) in [5.74, 6) is -0.691. The average Bonchev–Trinajstić information content (AvgIpc) is 2.36. The van der Waals surface area contributed by atoms with Gasteiger partial charge in [0, 0.05) is 6.42 Å². The summed E-state index contributed by atoms with van der Waals surface area (Å²) < 4.78 is 0. The molecule has 0 aromatic heterocycles. The number of carboxylic acids is 1. The maximum atomic E-state index is 10.4. The summed E-state index contributed by atoms with van der Waals surface area (Å²) in [5.41, 5.74) is 2.78. The molecule has 0 bridgehead atoms. The zero-order valence-electron chi connectivity index (χ0n) is 11.1. The first-order valence-corrected chi connectivity index (χ1v) is 6.63. The van der Waals surface area contributed by atoms with Crippen LogP contribution in [-0.4, -0.2) is 11.1 Å². The highest BCUT2D eigenvalue weighted by Crippen LogP contribution is 2.14. The van der Waals surface area contributed by atoms with E-state index in [9.17, 15) is 4.79 Å². The Kier molecular flexibility index (Phi) is 6.85. The van der Waals surface area contributed by atoms with Gasteiger partial charge < -0.3 is 5.11 Å². The van der Waals surface area contributed by atoms with Gasteiger partial charge in [-0.1, -0.05) is 42.8 Å². The van der Waals surface area contributed by atoms with Crippen LogP contribution in [0.25, 0.3) is 0 Å². The molecular weight excluding hydrogens is 224 g/mol. The molecular formula is C16H22O2. The van der Waals surface area contributed by atoms with Gasteiger partial charge in [0.25, 0.3) is 0 Å². The molecule has 0 radical (unpaired) electrons. The van der Waals surface area contributed by atoms with Crippen LogP contribution in [0.15, 0.2) is 36.4 Å². The molecule has 0 atom stereocenters. The Hall–Kier alpha value is -1.57. The van der Waals surface area contributed by atoms with Crippen LogP contribution in [0.1, 0.15) is 43.7 Å². The zero-order valence-corrected chi connectivity index (χ0v) is 11.1. The molecule has 0 saturated carbocycles. The van der Waals surface area contributed by atoms with Crippen molar-refractivity contribution in [1.29, 1.82) is 0 Å². The standard InChI is InChI=1S/C16H22O2/c1-2-3-9-14-11-7-8-12-15(14)10-5-4-6-13-16(17)18/h2-3,7-8,11-12H,4-6,9-10,13H2,1H3,(H,17,18). The molecule has 0 saturated heterocycles. The summed E-state index contributed by atoms with van der Waals surface area (Å²) in [6.45, 7) is 2.04. The lowest BCUT2D eigenvalue weighted by molar-refractivity contribution is -0.137. The highest BCUT2D eigenvalue weighted by atomic mass is 16.4. The lowest BCUT2D eigenvalue weighted by Gasteiger charge is -2.07. The molecule has 2 heteroatoms. The molecule has 98 valence electrons. The molecule has 1 rings (SSSR count). The van der Waals surface area contributed by atoms with Crippen molar-refractivity contribution in [2.75, 3.05) is 0 Å². The highest BCUT2D eigenvalue weighted by Gasteiger charge is 2.01. The van der Waals surface area contributed by atoms with E-state index in [1.54, 1.807) is 0 Å². The van der Waals surface area contributed by atoms with Gasteiger partial charge in [0.05, 0.1) is 0 Å². The molecule has 0 fully saturated rings. The molecule has 0 amide bonds. The van der Waals surface area contributed by atoms with E-state index in [4.69, 9.17) is 5.11 Å². The second-order valence-electron chi connectivity index (χ2n) is 4.50. The third-order valence-electron chi connectivity index (χ3n) is 3.03. The minimum absolute atomic E-state index is 0.292. The Morgan fingerprint density at radius 1 is 1.17 bits per heavy atom. The Balaban J connectivity index is 2.38. The van der Waals surface area contributed by atoms with Gasteiger partial charge in [0.15, 0.2) is 0 Å². The lowest BCUT2D eigenvalue weighted by Crippen LogP contribution is -1.96. The molecule has 0 unspecified atom stereocenters. The van der Waals surface area contributed by atoms with Crippen molar-refractivity contribution in [3.63, 3.8) is 0 Å². The monoisotopic (exact) mass is 246 g/mol. The van der Waals surface area contributed by atoms with Gasteiger partial charge in [0.2, 0.25) is 0 Å². The summed E-state index contributed by atoms with van der Waals surface area (Å²) in [6.07, 6.45) is 9.42. The van der Waals surface area contributed by atoms with Crippen molar-refractivity contribution < 1.29 is 9.90 Å². The minimum Gasteiger partial charge on any atom is -0.481 e. The number of hydrogen-bond donors (Lipinski definition) is 1. The largest absolute Gasteiger partial charge is 0.481 e. The second kappa shape index (κ2) is 8.51. The number of aliphatic carboxylic acids is 1. The van der Waals surface area contributed by atoms with E-state index in [0.29, 0.717) is 6.42 Å². The SMILES string of the molecule is CC=CCc1ccccc1CCCCCC(=O)O.